The van der Waals surface area contributed by atoms with Gasteiger partial charge in [-0.25, -0.2) is 0 Å². The van der Waals surface area contributed by atoms with Gasteiger partial charge in [-0.15, -0.1) is 0 Å². The van der Waals surface area contributed by atoms with Gasteiger partial charge in [0.05, 0.1) is 9.80 Å². The molecule has 0 aromatic carbocycles. The molecule has 1 heterocycles. The summed E-state index contributed by atoms with van der Waals surface area (Å²) in [5, 5.41) is 13.3. The predicted octanol–water partition coefficient (Wildman–Crippen LogP) is 2.18. The monoisotopic (exact) mass is 240 g/mol. The SMILES string of the molecule is CC(NC(=O)c1ccc([N+](=O)[O-])s1)C1CC1. The van der Waals surface area contributed by atoms with Gasteiger partial charge in [0, 0.05) is 12.1 Å². The zero-order valence-electron chi connectivity index (χ0n) is 8.80. The van der Waals surface area contributed by atoms with E-state index in [1.54, 1.807) is 0 Å². The molecule has 1 unspecified atom stereocenters. The first kappa shape index (κ1) is 11.1. The van der Waals surface area contributed by atoms with Gasteiger partial charge in [0.25, 0.3) is 5.91 Å². The summed E-state index contributed by atoms with van der Waals surface area (Å²) in [6.45, 7) is 1.97. The Morgan fingerprint density at radius 1 is 1.62 bits per heavy atom. The maximum atomic E-state index is 11.7. The first-order valence-corrected chi connectivity index (χ1v) is 5.94. The molecule has 6 heteroatoms. The Hall–Kier alpha value is -1.43. The molecule has 0 aliphatic heterocycles. The Balaban J connectivity index is 1.99. The number of hydrogen-bond donors (Lipinski definition) is 1. The van der Waals surface area contributed by atoms with Gasteiger partial charge >= 0.3 is 5.00 Å². The van der Waals surface area contributed by atoms with E-state index >= 15 is 0 Å². The van der Waals surface area contributed by atoms with Crippen LogP contribution in [-0.2, 0) is 0 Å². The van der Waals surface area contributed by atoms with Gasteiger partial charge in [-0.3, -0.25) is 14.9 Å². The largest absolute Gasteiger partial charge is 0.349 e. The van der Waals surface area contributed by atoms with Crippen LogP contribution in [0.1, 0.15) is 29.4 Å². The normalized spacial score (nSPS) is 16.8. The average molecular weight is 240 g/mol. The molecule has 1 atom stereocenters. The lowest BCUT2D eigenvalue weighted by molar-refractivity contribution is -0.380. The highest BCUT2D eigenvalue weighted by Gasteiger charge is 2.29. The highest BCUT2D eigenvalue weighted by molar-refractivity contribution is 7.17. The van der Waals surface area contributed by atoms with Crippen LogP contribution in [0.3, 0.4) is 0 Å². The molecule has 16 heavy (non-hydrogen) atoms. The third-order valence-electron chi connectivity index (χ3n) is 2.68. The van der Waals surface area contributed by atoms with Crippen molar-refractivity contribution in [2.24, 2.45) is 5.92 Å². The maximum absolute atomic E-state index is 11.7. The summed E-state index contributed by atoms with van der Waals surface area (Å²) in [4.78, 5) is 22.1. The third kappa shape index (κ3) is 2.38. The van der Waals surface area contributed by atoms with Crippen LogP contribution in [0.2, 0.25) is 0 Å². The van der Waals surface area contributed by atoms with Crippen molar-refractivity contribution >= 4 is 22.2 Å². The minimum Gasteiger partial charge on any atom is -0.349 e. The Morgan fingerprint density at radius 2 is 2.31 bits per heavy atom. The van der Waals surface area contributed by atoms with Crippen LogP contribution in [0.5, 0.6) is 0 Å². The number of carbonyl (C=O) groups is 1. The average Bonchev–Trinajstić information content (AvgIpc) is 2.95. The second-order valence-corrected chi connectivity index (χ2v) is 5.06. The van der Waals surface area contributed by atoms with Crippen molar-refractivity contribution in [1.29, 1.82) is 0 Å². The van der Waals surface area contributed by atoms with Crippen molar-refractivity contribution in [2.45, 2.75) is 25.8 Å². The Bertz CT molecular complexity index is 425. The van der Waals surface area contributed by atoms with E-state index in [2.05, 4.69) is 5.32 Å². The van der Waals surface area contributed by atoms with Crippen molar-refractivity contribution in [3.05, 3.63) is 27.1 Å². The van der Waals surface area contributed by atoms with Crippen LogP contribution >= 0.6 is 11.3 Å². The summed E-state index contributed by atoms with van der Waals surface area (Å²) in [5.41, 5.74) is 0. The van der Waals surface area contributed by atoms with E-state index in [4.69, 9.17) is 0 Å². The van der Waals surface area contributed by atoms with E-state index in [0.29, 0.717) is 10.8 Å². The maximum Gasteiger partial charge on any atom is 0.324 e. The van der Waals surface area contributed by atoms with Crippen LogP contribution in [0, 0.1) is 16.0 Å². The molecule has 1 amide bonds. The van der Waals surface area contributed by atoms with Crippen LogP contribution < -0.4 is 5.32 Å². The predicted molar refractivity (Wildman–Crippen MR) is 60.6 cm³/mol. The fourth-order valence-electron chi connectivity index (χ4n) is 1.54. The topological polar surface area (TPSA) is 72.2 Å². The summed E-state index contributed by atoms with van der Waals surface area (Å²) in [7, 11) is 0. The van der Waals surface area contributed by atoms with E-state index in [9.17, 15) is 14.9 Å². The van der Waals surface area contributed by atoms with Crippen molar-refractivity contribution in [2.75, 3.05) is 0 Å². The quantitative estimate of drug-likeness (QED) is 0.647. The summed E-state index contributed by atoms with van der Waals surface area (Å²) >= 11 is 0.912. The zero-order valence-corrected chi connectivity index (χ0v) is 9.62. The molecule has 1 N–H and O–H groups in total. The van der Waals surface area contributed by atoms with Crippen molar-refractivity contribution in [1.82, 2.24) is 5.32 Å². The van der Waals surface area contributed by atoms with E-state index < -0.39 is 4.92 Å². The smallest absolute Gasteiger partial charge is 0.324 e. The molecule has 1 aromatic rings. The van der Waals surface area contributed by atoms with Gasteiger partial charge in [-0.05, 0) is 31.7 Å². The lowest BCUT2D eigenvalue weighted by Gasteiger charge is -2.11. The van der Waals surface area contributed by atoms with Gasteiger partial charge in [-0.2, -0.15) is 0 Å². The highest BCUT2D eigenvalue weighted by Crippen LogP contribution is 2.32. The van der Waals surface area contributed by atoms with E-state index in [1.165, 1.54) is 12.1 Å². The van der Waals surface area contributed by atoms with Crippen LogP contribution in [0.4, 0.5) is 5.00 Å². The number of nitro groups is 1. The van der Waals surface area contributed by atoms with Crippen LogP contribution in [0.25, 0.3) is 0 Å². The van der Waals surface area contributed by atoms with Crippen LogP contribution in [-0.4, -0.2) is 16.9 Å². The van der Waals surface area contributed by atoms with E-state index in [0.717, 1.165) is 24.2 Å². The van der Waals surface area contributed by atoms with Gasteiger partial charge in [-0.1, -0.05) is 11.3 Å². The number of hydrogen-bond acceptors (Lipinski definition) is 4. The molecule has 0 spiro atoms. The standard InChI is InChI=1S/C10H12N2O3S/c1-6(7-2-3-7)11-10(13)8-4-5-9(16-8)12(14)15/h4-7H,2-3H2,1H3,(H,11,13). The third-order valence-corrected chi connectivity index (χ3v) is 3.72. The second-order valence-electron chi connectivity index (χ2n) is 3.99. The molecular formula is C10H12N2O3S. The van der Waals surface area contributed by atoms with E-state index in [-0.39, 0.29) is 17.0 Å². The summed E-state index contributed by atoms with van der Waals surface area (Å²) in [6, 6.07) is 3.02. The molecule has 86 valence electrons. The number of nitrogens with zero attached hydrogens (tertiary/aromatic N) is 1. The number of thiophene rings is 1. The molecule has 2 rings (SSSR count). The first-order chi connectivity index (χ1) is 7.58. The number of carbonyl (C=O) groups excluding carboxylic acids is 1. The summed E-state index contributed by atoms with van der Waals surface area (Å²) < 4.78 is 0. The first-order valence-electron chi connectivity index (χ1n) is 5.13. The lowest BCUT2D eigenvalue weighted by atomic mass is 10.2. The molecule has 5 nitrogen and oxygen atoms in total. The fourth-order valence-corrected chi connectivity index (χ4v) is 2.26. The van der Waals surface area contributed by atoms with Gasteiger partial charge < -0.3 is 5.32 Å². The molecule has 0 saturated heterocycles. The number of amides is 1. The molecule has 0 bridgehead atoms. The highest BCUT2D eigenvalue weighted by atomic mass is 32.1. The Morgan fingerprint density at radius 3 is 2.81 bits per heavy atom. The Labute approximate surface area is 96.6 Å². The van der Waals surface area contributed by atoms with E-state index in [1.807, 2.05) is 6.92 Å². The number of nitrogens with one attached hydrogen (secondary N) is 1. The molecule has 1 aromatic heterocycles. The Kier molecular flexibility index (Phi) is 2.91. The molecule has 1 saturated carbocycles. The van der Waals surface area contributed by atoms with Crippen LogP contribution in [0.15, 0.2) is 12.1 Å². The molecule has 1 aliphatic carbocycles. The van der Waals surface area contributed by atoms with Crippen molar-refractivity contribution < 1.29 is 9.72 Å². The molecule has 1 fully saturated rings. The zero-order chi connectivity index (χ0) is 11.7. The summed E-state index contributed by atoms with van der Waals surface area (Å²) in [6.07, 6.45) is 2.32. The second kappa shape index (κ2) is 4.21. The fraction of sp³-hybridized carbons (Fsp3) is 0.500. The minimum absolute atomic E-state index is 0.00391. The molecule has 0 radical (unpaired) electrons. The van der Waals surface area contributed by atoms with Crippen molar-refractivity contribution in [3.8, 4) is 0 Å². The minimum atomic E-state index is -0.480. The van der Waals surface area contributed by atoms with Gasteiger partial charge in [0.1, 0.15) is 0 Å². The van der Waals surface area contributed by atoms with Gasteiger partial charge in [0.15, 0.2) is 0 Å². The molecule has 1 aliphatic rings. The molecular weight excluding hydrogens is 228 g/mol. The number of rotatable bonds is 4. The summed E-state index contributed by atoms with van der Waals surface area (Å²) in [5.74, 6) is 0.372. The lowest BCUT2D eigenvalue weighted by Crippen LogP contribution is -2.33. The van der Waals surface area contributed by atoms with Crippen molar-refractivity contribution in [3.63, 3.8) is 0 Å². The van der Waals surface area contributed by atoms with Gasteiger partial charge in [0.2, 0.25) is 0 Å².